The van der Waals surface area contributed by atoms with Crippen molar-refractivity contribution in [2.75, 3.05) is 0 Å². The first kappa shape index (κ1) is 14.4. The molecule has 0 amide bonds. The third kappa shape index (κ3) is 3.13. The summed E-state index contributed by atoms with van der Waals surface area (Å²) in [4.78, 5) is 37.1. The van der Waals surface area contributed by atoms with Crippen LogP contribution in [0.5, 0.6) is 0 Å². The molecule has 1 N–H and O–H groups in total. The molecule has 2 heterocycles. The summed E-state index contributed by atoms with van der Waals surface area (Å²) < 4.78 is 2.73. The highest BCUT2D eigenvalue weighted by Gasteiger charge is 2.15. The highest BCUT2D eigenvalue weighted by molar-refractivity contribution is 9.12. The molecule has 0 aromatic carbocycles. The van der Waals surface area contributed by atoms with Crippen LogP contribution < -0.4 is 11.2 Å². The van der Waals surface area contributed by atoms with Crippen LogP contribution in [0.15, 0.2) is 29.4 Å². The molecular weight excluding hydrogens is 400 g/mol. The quantitative estimate of drug-likeness (QED) is 0.793. The molecule has 0 aliphatic carbocycles. The SMILES string of the molecule is Cc1cn(CC(=O)c2cc(Br)sc2Br)c(=O)[nH]c1=O. The van der Waals surface area contributed by atoms with Gasteiger partial charge in [0.05, 0.1) is 14.1 Å². The zero-order chi connectivity index (χ0) is 14.2. The molecule has 8 heteroatoms. The van der Waals surface area contributed by atoms with Crippen LogP contribution in [0.3, 0.4) is 0 Å². The van der Waals surface area contributed by atoms with Crippen molar-refractivity contribution in [2.24, 2.45) is 0 Å². The van der Waals surface area contributed by atoms with Crippen LogP contribution in [0, 0.1) is 6.92 Å². The number of nitrogens with zero attached hydrogens (tertiary/aromatic N) is 1. The van der Waals surface area contributed by atoms with Gasteiger partial charge in [-0.2, -0.15) is 0 Å². The van der Waals surface area contributed by atoms with Gasteiger partial charge < -0.3 is 0 Å². The second-order valence-electron chi connectivity index (χ2n) is 3.86. The maximum absolute atomic E-state index is 12.1. The lowest BCUT2D eigenvalue weighted by Crippen LogP contribution is -2.32. The molecule has 0 spiro atoms. The van der Waals surface area contributed by atoms with Gasteiger partial charge >= 0.3 is 5.69 Å². The predicted octanol–water partition coefficient (Wildman–Crippen LogP) is 2.31. The molecule has 0 aliphatic rings. The predicted molar refractivity (Wildman–Crippen MR) is 80.1 cm³/mol. The Balaban J connectivity index is 2.34. The summed E-state index contributed by atoms with van der Waals surface area (Å²) >= 11 is 7.98. The summed E-state index contributed by atoms with van der Waals surface area (Å²) in [5.41, 5.74) is -0.131. The van der Waals surface area contributed by atoms with Crippen LogP contribution in [0.2, 0.25) is 0 Å². The minimum Gasteiger partial charge on any atom is -0.293 e. The molecule has 2 aromatic rings. The van der Waals surface area contributed by atoms with Crippen molar-refractivity contribution >= 4 is 49.0 Å². The van der Waals surface area contributed by atoms with Gasteiger partial charge in [-0.25, -0.2) is 4.79 Å². The molecule has 0 radical (unpaired) electrons. The summed E-state index contributed by atoms with van der Waals surface area (Å²) in [5.74, 6) is -0.206. The lowest BCUT2D eigenvalue weighted by atomic mass is 10.2. The molecule has 0 bridgehead atoms. The van der Waals surface area contributed by atoms with E-state index in [0.717, 1.165) is 3.79 Å². The van der Waals surface area contributed by atoms with Gasteiger partial charge in [0, 0.05) is 17.3 Å². The van der Waals surface area contributed by atoms with E-state index in [2.05, 4.69) is 36.8 Å². The number of carbonyl (C=O) groups is 1. The maximum Gasteiger partial charge on any atom is 0.328 e. The fraction of sp³-hybridized carbons (Fsp3) is 0.182. The summed E-state index contributed by atoms with van der Waals surface area (Å²) in [6.07, 6.45) is 1.38. The van der Waals surface area contributed by atoms with Crippen molar-refractivity contribution in [3.63, 3.8) is 0 Å². The monoisotopic (exact) mass is 406 g/mol. The molecule has 100 valence electrons. The highest BCUT2D eigenvalue weighted by Crippen LogP contribution is 2.32. The van der Waals surface area contributed by atoms with E-state index in [1.54, 1.807) is 13.0 Å². The molecule has 2 rings (SSSR count). The van der Waals surface area contributed by atoms with Crippen LogP contribution in [0.1, 0.15) is 15.9 Å². The van der Waals surface area contributed by atoms with E-state index in [1.165, 1.54) is 22.1 Å². The van der Waals surface area contributed by atoms with Crippen LogP contribution in [-0.2, 0) is 6.54 Å². The molecular formula is C11H8Br2N2O3S. The standard InChI is InChI=1S/C11H8Br2N2O3S/c1-5-3-15(11(18)14-10(5)17)4-7(16)6-2-8(12)19-9(6)13/h2-3H,4H2,1H3,(H,14,17,18). The van der Waals surface area contributed by atoms with Crippen LogP contribution in [-0.4, -0.2) is 15.3 Å². The van der Waals surface area contributed by atoms with Crippen molar-refractivity contribution in [3.05, 3.63) is 51.8 Å². The second kappa shape index (κ2) is 5.56. The van der Waals surface area contributed by atoms with Gasteiger partial charge in [0.2, 0.25) is 0 Å². The summed E-state index contributed by atoms with van der Waals surface area (Å²) in [5, 5.41) is 0. The summed E-state index contributed by atoms with van der Waals surface area (Å²) in [7, 11) is 0. The van der Waals surface area contributed by atoms with Crippen molar-refractivity contribution < 1.29 is 4.79 Å². The van der Waals surface area contributed by atoms with Crippen molar-refractivity contribution in [3.8, 4) is 0 Å². The fourth-order valence-electron chi connectivity index (χ4n) is 1.51. The molecule has 0 atom stereocenters. The molecule has 5 nitrogen and oxygen atoms in total. The molecule has 2 aromatic heterocycles. The minimum atomic E-state index is -0.589. The number of thiophene rings is 1. The topological polar surface area (TPSA) is 71.9 Å². The van der Waals surface area contributed by atoms with Gasteiger partial charge in [0.25, 0.3) is 5.56 Å². The second-order valence-corrected chi connectivity index (χ2v) is 7.61. The number of ketones is 1. The van der Waals surface area contributed by atoms with Crippen LogP contribution in [0.4, 0.5) is 0 Å². The molecule has 0 aliphatic heterocycles. The maximum atomic E-state index is 12.1. The molecule has 19 heavy (non-hydrogen) atoms. The van der Waals surface area contributed by atoms with Crippen molar-refractivity contribution in [1.82, 2.24) is 9.55 Å². The largest absolute Gasteiger partial charge is 0.328 e. The van der Waals surface area contributed by atoms with E-state index in [9.17, 15) is 14.4 Å². The van der Waals surface area contributed by atoms with Gasteiger partial charge in [-0.1, -0.05) is 0 Å². The lowest BCUT2D eigenvalue weighted by molar-refractivity contribution is 0.0970. The normalized spacial score (nSPS) is 10.7. The number of aryl methyl sites for hydroxylation is 1. The van der Waals surface area contributed by atoms with Gasteiger partial charge in [-0.05, 0) is 44.8 Å². The van der Waals surface area contributed by atoms with E-state index in [4.69, 9.17) is 0 Å². The third-order valence-corrected chi connectivity index (χ3v) is 4.80. The Morgan fingerprint density at radius 3 is 2.68 bits per heavy atom. The number of aromatic amines is 1. The molecule has 0 saturated heterocycles. The van der Waals surface area contributed by atoms with E-state index in [0.29, 0.717) is 14.9 Å². The molecule has 0 saturated carbocycles. The first-order valence-electron chi connectivity index (χ1n) is 5.17. The zero-order valence-corrected chi connectivity index (χ0v) is 13.7. The Morgan fingerprint density at radius 1 is 1.42 bits per heavy atom. The Hall–Kier alpha value is -0.990. The number of carbonyl (C=O) groups excluding carboxylic acids is 1. The number of H-pyrrole nitrogens is 1. The first-order valence-corrected chi connectivity index (χ1v) is 7.57. The Bertz CT molecular complexity index is 760. The van der Waals surface area contributed by atoms with E-state index < -0.39 is 11.2 Å². The lowest BCUT2D eigenvalue weighted by Gasteiger charge is -2.04. The summed E-state index contributed by atoms with van der Waals surface area (Å²) in [6.45, 7) is 1.47. The Kier molecular flexibility index (Phi) is 4.22. The van der Waals surface area contributed by atoms with Gasteiger partial charge in [0.15, 0.2) is 5.78 Å². The summed E-state index contributed by atoms with van der Waals surface area (Å²) in [6, 6.07) is 1.70. The zero-order valence-electron chi connectivity index (χ0n) is 9.70. The molecule has 0 unspecified atom stereocenters. The molecule has 0 fully saturated rings. The highest BCUT2D eigenvalue weighted by atomic mass is 79.9. The number of rotatable bonds is 3. The number of nitrogens with one attached hydrogen (secondary N) is 1. The van der Waals surface area contributed by atoms with Gasteiger partial charge in [0.1, 0.15) is 0 Å². The van der Waals surface area contributed by atoms with E-state index in [-0.39, 0.29) is 12.3 Å². The van der Waals surface area contributed by atoms with E-state index >= 15 is 0 Å². The Morgan fingerprint density at radius 2 is 2.11 bits per heavy atom. The minimum absolute atomic E-state index is 0.113. The number of hydrogen-bond donors (Lipinski definition) is 1. The smallest absolute Gasteiger partial charge is 0.293 e. The third-order valence-electron chi connectivity index (χ3n) is 2.46. The number of halogens is 2. The van der Waals surface area contributed by atoms with Crippen molar-refractivity contribution in [1.29, 1.82) is 0 Å². The van der Waals surface area contributed by atoms with Gasteiger partial charge in [-0.3, -0.25) is 19.1 Å². The first-order chi connectivity index (χ1) is 8.88. The van der Waals surface area contributed by atoms with Crippen molar-refractivity contribution in [2.45, 2.75) is 13.5 Å². The van der Waals surface area contributed by atoms with E-state index in [1.807, 2.05) is 0 Å². The van der Waals surface area contributed by atoms with Gasteiger partial charge in [-0.15, -0.1) is 11.3 Å². The Labute approximate surface area is 128 Å². The number of aromatic nitrogens is 2. The average molecular weight is 408 g/mol. The van der Waals surface area contributed by atoms with Crippen LogP contribution in [0.25, 0.3) is 0 Å². The fourth-order valence-corrected chi connectivity index (χ4v) is 4.36. The number of Topliss-reactive ketones (excluding diaryl/α,β-unsaturated/α-hetero) is 1. The number of hydrogen-bond acceptors (Lipinski definition) is 4. The van der Waals surface area contributed by atoms with Crippen LogP contribution >= 0.6 is 43.2 Å². The average Bonchev–Trinajstić information content (AvgIpc) is 2.65.